The first kappa shape index (κ1) is 26.9. The molecule has 5 rings (SSSR count). The van der Waals surface area contributed by atoms with Gasteiger partial charge in [0.25, 0.3) is 0 Å². The maximum absolute atomic E-state index is 14.8. The Hall–Kier alpha value is -3.70. The fourth-order valence-corrected chi connectivity index (χ4v) is 6.35. The number of ketones is 3. The van der Waals surface area contributed by atoms with E-state index in [4.69, 9.17) is 0 Å². The second-order valence-electron chi connectivity index (χ2n) is 10.5. The van der Waals surface area contributed by atoms with Crippen LogP contribution in [0.15, 0.2) is 41.2 Å². The van der Waals surface area contributed by atoms with E-state index < -0.39 is 92.7 Å². The number of aliphatic hydroxyl groups is 3. The molecule has 11 heteroatoms. The molecule has 3 aliphatic carbocycles. The summed E-state index contributed by atoms with van der Waals surface area (Å²) in [6.45, 7) is 2.12. The smallest absolute Gasteiger partial charge is 0.306 e. The maximum Gasteiger partial charge on any atom is 0.306 e. The Kier molecular flexibility index (Phi) is 6.54. The number of carbonyl (C=O) groups excluding carboxylic acids is 3. The van der Waals surface area contributed by atoms with Crippen LogP contribution in [0, 0.1) is 11.8 Å². The van der Waals surface area contributed by atoms with Gasteiger partial charge in [-0.1, -0.05) is 12.2 Å². The molecule has 0 unspecified atom stereocenters. The second-order valence-corrected chi connectivity index (χ2v) is 10.5. The molecule has 0 aromatic heterocycles. The highest BCUT2D eigenvalue weighted by molar-refractivity contribution is 6.23. The summed E-state index contributed by atoms with van der Waals surface area (Å²) in [5.41, 5.74) is -4.82. The van der Waals surface area contributed by atoms with Crippen LogP contribution >= 0.6 is 0 Å². The van der Waals surface area contributed by atoms with Gasteiger partial charge < -0.3 is 20.4 Å². The number of allylic oxidation sites excluding steroid dienone is 1. The zero-order chi connectivity index (χ0) is 28.4. The molecule has 0 amide bonds. The molecule has 8 nitrogen and oxygen atoms in total. The summed E-state index contributed by atoms with van der Waals surface area (Å²) in [6, 6.07) is 1.11. The van der Waals surface area contributed by atoms with Crippen LogP contribution in [0.1, 0.15) is 48.4 Å². The molecule has 0 spiro atoms. The highest BCUT2D eigenvalue weighted by Crippen LogP contribution is 2.53. The first-order valence-corrected chi connectivity index (χ1v) is 12.5. The molecule has 1 heterocycles. The fraction of sp³-hybridized carbons (Fsp3) is 0.393. The number of benzene rings is 1. The van der Waals surface area contributed by atoms with E-state index in [1.54, 1.807) is 0 Å². The van der Waals surface area contributed by atoms with Gasteiger partial charge >= 0.3 is 6.08 Å². The summed E-state index contributed by atoms with van der Waals surface area (Å²) in [5, 5.41) is 44.6. The first-order valence-electron chi connectivity index (χ1n) is 12.5. The number of phenols is 1. The zero-order valence-electron chi connectivity index (χ0n) is 20.9. The number of fused-ring (bicyclic) bond motifs is 3. The molecule has 4 N–H and O–H groups in total. The highest BCUT2D eigenvalue weighted by atomic mass is 19.3. The Morgan fingerprint density at radius 2 is 1.85 bits per heavy atom. The molecule has 1 aliphatic heterocycles. The molecule has 0 saturated heterocycles. The van der Waals surface area contributed by atoms with E-state index in [-0.39, 0.29) is 30.5 Å². The van der Waals surface area contributed by atoms with Gasteiger partial charge in [-0.15, -0.1) is 0 Å². The van der Waals surface area contributed by atoms with Crippen LogP contribution in [0.5, 0.6) is 5.75 Å². The molecule has 1 saturated carbocycles. The van der Waals surface area contributed by atoms with Gasteiger partial charge in [0.05, 0.1) is 5.56 Å². The largest absolute Gasteiger partial charge is 0.508 e. The lowest BCUT2D eigenvalue weighted by atomic mass is 9.59. The van der Waals surface area contributed by atoms with E-state index in [1.807, 2.05) is 17.1 Å². The first-order chi connectivity index (χ1) is 18.4. The van der Waals surface area contributed by atoms with Gasteiger partial charge in [0.2, 0.25) is 5.78 Å². The predicted octanol–water partition coefficient (Wildman–Crippen LogP) is 3.82. The van der Waals surface area contributed by atoms with Crippen LogP contribution in [0.4, 0.5) is 13.2 Å². The second kappa shape index (κ2) is 9.49. The summed E-state index contributed by atoms with van der Waals surface area (Å²) >= 11 is 0. The van der Waals surface area contributed by atoms with Crippen molar-refractivity contribution in [1.29, 1.82) is 0 Å². The summed E-state index contributed by atoms with van der Waals surface area (Å²) in [7, 11) is 0. The van der Waals surface area contributed by atoms with E-state index in [9.17, 15) is 48.0 Å². The number of phenolic OH excluding ortho intramolecular Hbond substituents is 1. The van der Waals surface area contributed by atoms with Crippen LogP contribution in [-0.2, 0) is 27.3 Å². The Labute approximate surface area is 221 Å². The van der Waals surface area contributed by atoms with Crippen LogP contribution in [0.3, 0.4) is 0 Å². The predicted molar refractivity (Wildman–Crippen MR) is 132 cm³/mol. The Morgan fingerprint density at radius 1 is 1.13 bits per heavy atom. The molecule has 206 valence electrons. The maximum atomic E-state index is 14.8. The Balaban J connectivity index is 1.71. The number of Topliss-reactive ketones (excluding diaryl/α,β-unsaturated/α-hetero) is 3. The van der Waals surface area contributed by atoms with E-state index in [2.05, 4.69) is 0 Å². The van der Waals surface area contributed by atoms with Crippen molar-refractivity contribution in [2.24, 2.45) is 11.8 Å². The molecular formula is C28H26F3NO7. The number of halogens is 3. The summed E-state index contributed by atoms with van der Waals surface area (Å²) in [5.74, 6) is -9.19. The van der Waals surface area contributed by atoms with Gasteiger partial charge in [-0.25, -0.2) is 4.39 Å². The van der Waals surface area contributed by atoms with Crippen LogP contribution < -0.4 is 0 Å². The highest BCUT2D eigenvalue weighted by Gasteiger charge is 2.60. The zero-order valence-corrected chi connectivity index (χ0v) is 20.9. The fourth-order valence-electron chi connectivity index (χ4n) is 6.35. The summed E-state index contributed by atoms with van der Waals surface area (Å²) < 4.78 is 41.8. The molecule has 39 heavy (non-hydrogen) atoms. The van der Waals surface area contributed by atoms with Gasteiger partial charge in [0.1, 0.15) is 22.8 Å². The monoisotopic (exact) mass is 545 g/mol. The van der Waals surface area contributed by atoms with Gasteiger partial charge in [-0.3, -0.25) is 19.3 Å². The topological polar surface area (TPSA) is 135 Å². The van der Waals surface area contributed by atoms with Crippen molar-refractivity contribution in [2.75, 3.05) is 13.1 Å². The quantitative estimate of drug-likeness (QED) is 0.331. The Bertz CT molecular complexity index is 1450. The van der Waals surface area contributed by atoms with Gasteiger partial charge in [-0.2, -0.15) is 8.78 Å². The number of aromatic hydroxyl groups is 1. The average Bonchev–Trinajstić information content (AvgIpc) is 2.87. The molecule has 0 radical (unpaired) electrons. The van der Waals surface area contributed by atoms with Crippen molar-refractivity contribution in [2.45, 2.75) is 44.8 Å². The third kappa shape index (κ3) is 4.02. The molecule has 3 atom stereocenters. The van der Waals surface area contributed by atoms with Crippen LogP contribution in [-0.4, -0.2) is 61.4 Å². The minimum Gasteiger partial charge on any atom is -0.508 e. The molecular weight excluding hydrogens is 519 g/mol. The minimum atomic E-state index is -2.68. The third-order valence-corrected chi connectivity index (χ3v) is 8.19. The van der Waals surface area contributed by atoms with E-state index >= 15 is 0 Å². The van der Waals surface area contributed by atoms with E-state index in [0.29, 0.717) is 19.5 Å². The number of carbonyl (C=O) groups is 3. The normalized spacial score (nSPS) is 26.8. The van der Waals surface area contributed by atoms with Crippen molar-refractivity contribution in [1.82, 2.24) is 4.90 Å². The van der Waals surface area contributed by atoms with Crippen molar-refractivity contribution in [3.05, 3.63) is 63.5 Å². The number of rotatable bonds is 4. The number of hydrogen-bond donors (Lipinski definition) is 4. The minimum absolute atomic E-state index is 0.0389. The van der Waals surface area contributed by atoms with Crippen LogP contribution in [0.2, 0.25) is 0 Å². The number of nitrogens with zero attached hydrogens (tertiary/aromatic N) is 1. The molecule has 1 aromatic rings. The van der Waals surface area contributed by atoms with Crippen molar-refractivity contribution < 1.29 is 48.0 Å². The number of aliphatic hydroxyl groups excluding tert-OH is 2. The van der Waals surface area contributed by atoms with Gasteiger partial charge in [-0.05, 0) is 43.7 Å². The number of hydrogen-bond acceptors (Lipinski definition) is 8. The van der Waals surface area contributed by atoms with E-state index in [1.165, 1.54) is 0 Å². The van der Waals surface area contributed by atoms with Gasteiger partial charge in [0.15, 0.2) is 23.0 Å². The lowest BCUT2D eigenvalue weighted by Gasteiger charge is -2.46. The molecule has 1 aromatic carbocycles. The SMILES string of the molecule is CC(=O)C1=C(O)[C@@]2(O)C(=O)C3=C(O)c4c(O)c(CN5CC=CCC5)cc(C(F)=C(F)F)c4C[C@H]3C[C@H]2CC1=O. The average molecular weight is 546 g/mol. The third-order valence-electron chi connectivity index (χ3n) is 8.19. The lowest BCUT2D eigenvalue weighted by Crippen LogP contribution is -2.57. The Morgan fingerprint density at radius 3 is 2.46 bits per heavy atom. The standard InChI is InChI=1S/C28H26F3NO7/c1-12(33)19-18(34)10-15-7-13-8-16-17(22(29)27(30)31)9-14(11-32-5-3-2-4-6-32)23(35)21(16)24(36)20(13)26(38)28(15,39)25(19)37/h2-3,9,13,15,35-37,39H,4-8,10-11H2,1H3/t13-,15+,28-/m1/s1. The van der Waals surface area contributed by atoms with Gasteiger partial charge in [0, 0.05) is 48.7 Å². The van der Waals surface area contributed by atoms with Crippen molar-refractivity contribution >= 4 is 28.9 Å². The molecule has 0 bridgehead atoms. The molecule has 4 aliphatic rings. The van der Waals surface area contributed by atoms with E-state index in [0.717, 1.165) is 13.0 Å². The lowest BCUT2D eigenvalue weighted by molar-refractivity contribution is -0.147. The van der Waals surface area contributed by atoms with Crippen molar-refractivity contribution in [3.63, 3.8) is 0 Å². The summed E-state index contributed by atoms with van der Waals surface area (Å²) in [4.78, 5) is 40.1. The van der Waals surface area contributed by atoms with Crippen LogP contribution in [0.25, 0.3) is 11.6 Å². The summed E-state index contributed by atoms with van der Waals surface area (Å²) in [6.07, 6.45) is 1.08. The molecule has 1 fully saturated rings. The van der Waals surface area contributed by atoms with Crippen molar-refractivity contribution in [3.8, 4) is 5.75 Å².